The van der Waals surface area contributed by atoms with Crippen molar-refractivity contribution in [2.75, 3.05) is 0 Å². The van der Waals surface area contributed by atoms with E-state index in [1.165, 1.54) is 0 Å². The molecule has 1 aromatic heterocycles. The Morgan fingerprint density at radius 2 is 1.65 bits per heavy atom. The maximum atomic E-state index is 5.71. The van der Waals surface area contributed by atoms with Gasteiger partial charge in [0.05, 0.1) is 0 Å². The van der Waals surface area contributed by atoms with Crippen LogP contribution < -0.4 is 4.74 Å². The van der Waals surface area contributed by atoms with Crippen LogP contribution in [0, 0.1) is 0 Å². The van der Waals surface area contributed by atoms with Gasteiger partial charge < -0.3 is 9.26 Å². The summed E-state index contributed by atoms with van der Waals surface area (Å²) in [6.45, 7) is 0.500. The van der Waals surface area contributed by atoms with Gasteiger partial charge in [-0.15, -0.1) is 0 Å². The molecule has 0 spiro atoms. The van der Waals surface area contributed by atoms with Gasteiger partial charge in [0.15, 0.2) is 0 Å². The summed E-state index contributed by atoms with van der Waals surface area (Å²) in [4.78, 5) is 4.06. The maximum absolute atomic E-state index is 5.71. The van der Waals surface area contributed by atoms with Crippen molar-refractivity contribution in [3.63, 3.8) is 0 Å². The third-order valence-corrected chi connectivity index (χ3v) is 3.51. The van der Waals surface area contributed by atoms with Crippen molar-refractivity contribution < 1.29 is 9.26 Å². The predicted molar refractivity (Wildman–Crippen MR) is 89.7 cm³/mol. The van der Waals surface area contributed by atoms with E-state index in [-0.39, 0.29) is 5.89 Å². The predicted octanol–water partition coefficient (Wildman–Crippen LogP) is 5.14. The molecule has 4 nitrogen and oxygen atoms in total. The Kier molecular flexibility index (Phi) is 4.76. The minimum Gasteiger partial charge on any atom is -0.489 e. The van der Waals surface area contributed by atoms with Crippen LogP contribution >= 0.6 is 34.8 Å². The molecule has 0 unspecified atom stereocenters. The summed E-state index contributed by atoms with van der Waals surface area (Å²) in [6.07, 6.45) is 0. The number of nitrogens with zero attached hydrogens (tertiary/aromatic N) is 2. The fourth-order valence-corrected chi connectivity index (χ4v) is 2.13. The van der Waals surface area contributed by atoms with E-state index in [1.54, 1.807) is 0 Å². The molecular formula is C16H11Cl3N2O2. The number of benzene rings is 2. The SMILES string of the molecule is ClC(Cl)(Cl)c1nc(-c2ccc(OCc3ccccc3)cc2)no1. The van der Waals surface area contributed by atoms with Crippen LogP contribution in [0.3, 0.4) is 0 Å². The minimum absolute atomic E-state index is 0.0677. The average molecular weight is 370 g/mol. The number of ether oxygens (including phenoxy) is 1. The molecule has 1 heterocycles. The highest BCUT2D eigenvalue weighted by molar-refractivity contribution is 6.66. The van der Waals surface area contributed by atoms with E-state index in [0.717, 1.165) is 16.9 Å². The van der Waals surface area contributed by atoms with Crippen molar-refractivity contribution in [3.05, 3.63) is 66.1 Å². The molecule has 0 atom stereocenters. The monoisotopic (exact) mass is 368 g/mol. The third-order valence-electron chi connectivity index (χ3n) is 3.03. The van der Waals surface area contributed by atoms with Gasteiger partial charge in [-0.1, -0.05) is 70.3 Å². The standard InChI is InChI=1S/C16H11Cl3N2O2/c17-16(18,19)15-20-14(21-23-15)12-6-8-13(9-7-12)22-10-11-4-2-1-3-5-11/h1-9H,10H2. The topological polar surface area (TPSA) is 48.2 Å². The van der Waals surface area contributed by atoms with E-state index in [9.17, 15) is 0 Å². The highest BCUT2D eigenvalue weighted by atomic mass is 35.6. The summed E-state index contributed by atoms with van der Waals surface area (Å²) in [5, 5.41) is 3.80. The molecule has 7 heteroatoms. The Balaban J connectivity index is 1.68. The van der Waals surface area contributed by atoms with Gasteiger partial charge in [0.25, 0.3) is 9.68 Å². The lowest BCUT2D eigenvalue weighted by molar-refractivity contribution is 0.306. The molecule has 118 valence electrons. The number of halogens is 3. The van der Waals surface area contributed by atoms with Gasteiger partial charge in [-0.05, 0) is 29.8 Å². The van der Waals surface area contributed by atoms with Crippen LogP contribution in [0.2, 0.25) is 0 Å². The Morgan fingerprint density at radius 3 is 2.26 bits per heavy atom. The summed E-state index contributed by atoms with van der Waals surface area (Å²) in [5.41, 5.74) is 1.84. The smallest absolute Gasteiger partial charge is 0.279 e. The van der Waals surface area contributed by atoms with Crippen LogP contribution in [0.5, 0.6) is 5.75 Å². The molecule has 0 amide bonds. The van der Waals surface area contributed by atoms with Crippen LogP contribution in [0.1, 0.15) is 11.5 Å². The Bertz CT molecular complexity index is 768. The number of hydrogen-bond donors (Lipinski definition) is 0. The zero-order valence-electron chi connectivity index (χ0n) is 11.7. The highest BCUT2D eigenvalue weighted by Crippen LogP contribution is 2.37. The van der Waals surface area contributed by atoms with Gasteiger partial charge in [-0.25, -0.2) is 0 Å². The average Bonchev–Trinajstić information content (AvgIpc) is 3.05. The highest BCUT2D eigenvalue weighted by Gasteiger charge is 2.30. The van der Waals surface area contributed by atoms with Gasteiger partial charge in [0, 0.05) is 5.56 Å². The van der Waals surface area contributed by atoms with Crippen LogP contribution in [0.4, 0.5) is 0 Å². The van der Waals surface area contributed by atoms with Gasteiger partial charge in [0.1, 0.15) is 12.4 Å². The molecule has 0 saturated carbocycles. The lowest BCUT2D eigenvalue weighted by atomic mass is 10.2. The number of hydrogen-bond acceptors (Lipinski definition) is 4. The number of alkyl halides is 3. The molecule has 0 bridgehead atoms. The number of aromatic nitrogens is 2. The summed E-state index contributed by atoms with van der Waals surface area (Å²) >= 11 is 17.1. The van der Waals surface area contributed by atoms with E-state index >= 15 is 0 Å². The molecule has 0 saturated heterocycles. The van der Waals surface area contributed by atoms with Crippen LogP contribution in [0.15, 0.2) is 59.1 Å². The van der Waals surface area contributed by atoms with E-state index in [0.29, 0.717) is 12.4 Å². The molecular weight excluding hydrogens is 359 g/mol. The molecule has 3 aromatic rings. The van der Waals surface area contributed by atoms with E-state index in [4.69, 9.17) is 44.1 Å². The minimum atomic E-state index is -1.73. The van der Waals surface area contributed by atoms with E-state index < -0.39 is 3.79 Å². The second-order valence-corrected chi connectivity index (χ2v) is 7.00. The fourth-order valence-electron chi connectivity index (χ4n) is 1.90. The second kappa shape index (κ2) is 6.79. The molecule has 0 fully saturated rings. The van der Waals surface area contributed by atoms with Gasteiger partial charge >= 0.3 is 0 Å². The van der Waals surface area contributed by atoms with Crippen LogP contribution in [-0.2, 0) is 10.4 Å². The number of rotatable bonds is 4. The Labute approximate surface area is 147 Å². The Hall–Kier alpha value is -1.75. The molecule has 0 aliphatic rings. The van der Waals surface area contributed by atoms with Gasteiger partial charge in [-0.2, -0.15) is 4.98 Å². The van der Waals surface area contributed by atoms with E-state index in [1.807, 2.05) is 54.6 Å². The van der Waals surface area contributed by atoms with Crippen molar-refractivity contribution in [1.29, 1.82) is 0 Å². The first-order valence-corrected chi connectivity index (χ1v) is 7.84. The summed E-state index contributed by atoms with van der Waals surface area (Å²) < 4.78 is 8.91. The first kappa shape index (κ1) is 16.1. The zero-order chi connectivity index (χ0) is 16.3. The first-order valence-electron chi connectivity index (χ1n) is 6.70. The molecule has 2 aromatic carbocycles. The largest absolute Gasteiger partial charge is 0.489 e. The summed E-state index contributed by atoms with van der Waals surface area (Å²) in [5.74, 6) is 1.02. The molecule has 0 N–H and O–H groups in total. The molecule has 23 heavy (non-hydrogen) atoms. The van der Waals surface area contributed by atoms with Crippen molar-refractivity contribution in [2.24, 2.45) is 0 Å². The van der Waals surface area contributed by atoms with Crippen molar-refractivity contribution in [3.8, 4) is 17.1 Å². The lowest BCUT2D eigenvalue weighted by Crippen LogP contribution is -1.99. The summed E-state index contributed by atoms with van der Waals surface area (Å²) in [7, 11) is 0. The second-order valence-electron chi connectivity index (χ2n) is 4.72. The Morgan fingerprint density at radius 1 is 0.957 bits per heavy atom. The zero-order valence-corrected chi connectivity index (χ0v) is 14.0. The third kappa shape index (κ3) is 4.16. The molecule has 3 rings (SSSR count). The van der Waals surface area contributed by atoms with E-state index in [2.05, 4.69) is 10.1 Å². The lowest BCUT2D eigenvalue weighted by Gasteiger charge is -2.06. The maximum Gasteiger partial charge on any atom is 0.279 e. The normalized spacial score (nSPS) is 11.4. The molecule has 0 aliphatic heterocycles. The van der Waals surface area contributed by atoms with Crippen LogP contribution in [-0.4, -0.2) is 10.1 Å². The van der Waals surface area contributed by atoms with Gasteiger partial charge in [-0.3, -0.25) is 0 Å². The fraction of sp³-hybridized carbons (Fsp3) is 0.125. The quantitative estimate of drug-likeness (QED) is 0.597. The van der Waals surface area contributed by atoms with Gasteiger partial charge in [0.2, 0.25) is 5.82 Å². The van der Waals surface area contributed by atoms with Crippen molar-refractivity contribution in [2.45, 2.75) is 10.4 Å². The van der Waals surface area contributed by atoms with Crippen LogP contribution in [0.25, 0.3) is 11.4 Å². The van der Waals surface area contributed by atoms with Crippen molar-refractivity contribution >= 4 is 34.8 Å². The molecule has 0 radical (unpaired) electrons. The first-order chi connectivity index (χ1) is 11.0. The molecule has 0 aliphatic carbocycles. The summed E-state index contributed by atoms with van der Waals surface area (Å²) in [6, 6.07) is 17.2. The van der Waals surface area contributed by atoms with Crippen molar-refractivity contribution in [1.82, 2.24) is 10.1 Å².